The highest BCUT2D eigenvalue weighted by molar-refractivity contribution is 5.82. The molecule has 0 radical (unpaired) electrons. The van der Waals surface area contributed by atoms with Crippen LogP contribution in [0.1, 0.15) is 52.1 Å². The van der Waals surface area contributed by atoms with Crippen LogP contribution in [0.5, 0.6) is 0 Å². The molecule has 0 aliphatic carbocycles. The van der Waals surface area contributed by atoms with Crippen LogP contribution in [0.4, 0.5) is 11.5 Å². The smallest absolute Gasteiger partial charge is 0.330 e. The maximum Gasteiger partial charge on any atom is 0.330 e. The van der Waals surface area contributed by atoms with E-state index >= 15 is 0 Å². The van der Waals surface area contributed by atoms with Crippen molar-refractivity contribution in [2.75, 3.05) is 30.8 Å². The molecule has 0 bridgehead atoms. The molecule has 0 aliphatic heterocycles. The Morgan fingerprint density at radius 3 is 2.39 bits per heavy atom. The second-order valence-corrected chi connectivity index (χ2v) is 8.36. The predicted molar refractivity (Wildman–Crippen MR) is 125 cm³/mol. The molecule has 1 atom stereocenters. The molecular weight excluding hydrogens is 394 g/mol. The van der Waals surface area contributed by atoms with Crippen LogP contribution in [-0.4, -0.2) is 40.5 Å². The molecule has 0 saturated heterocycles. The number of nitrogens with two attached hydrogens (primary N) is 1. The number of carbonyl (C=O) groups is 1. The molecule has 1 unspecified atom stereocenters. The molecule has 1 heterocycles. The second kappa shape index (κ2) is 10.8. The van der Waals surface area contributed by atoms with Gasteiger partial charge in [-0.25, -0.2) is 4.79 Å². The zero-order chi connectivity index (χ0) is 23.1. The number of hydrogen-bond donors (Lipinski definition) is 2. The summed E-state index contributed by atoms with van der Waals surface area (Å²) >= 11 is 0. The summed E-state index contributed by atoms with van der Waals surface area (Å²) in [4.78, 5) is 43.8. The summed E-state index contributed by atoms with van der Waals surface area (Å²) in [6.45, 7) is 8.85. The van der Waals surface area contributed by atoms with Gasteiger partial charge in [0.15, 0.2) is 0 Å². The molecule has 0 spiro atoms. The molecule has 8 heteroatoms. The minimum absolute atomic E-state index is 0.00881. The lowest BCUT2D eigenvalue weighted by atomic mass is 10.1. The van der Waals surface area contributed by atoms with Gasteiger partial charge in [0.1, 0.15) is 11.5 Å². The number of hydrogen-bond acceptors (Lipinski definition) is 5. The fraction of sp³-hybridized carbons (Fsp3) is 0.522. The Balaban J connectivity index is 2.37. The molecule has 1 amide bonds. The molecule has 0 fully saturated rings. The van der Waals surface area contributed by atoms with Crippen molar-refractivity contribution in [2.45, 2.75) is 53.1 Å². The van der Waals surface area contributed by atoms with Gasteiger partial charge in [-0.05, 0) is 24.8 Å². The predicted octanol–water partition coefficient (Wildman–Crippen LogP) is 2.60. The van der Waals surface area contributed by atoms with E-state index in [2.05, 4.69) is 4.98 Å². The number of aromatic amines is 1. The van der Waals surface area contributed by atoms with Crippen molar-refractivity contribution in [3.63, 3.8) is 0 Å². The number of unbranched alkanes of at least 4 members (excludes halogenated alkanes) is 1. The van der Waals surface area contributed by atoms with E-state index in [1.807, 2.05) is 58.0 Å². The van der Waals surface area contributed by atoms with E-state index in [0.29, 0.717) is 13.1 Å². The van der Waals surface area contributed by atoms with Crippen LogP contribution in [0.25, 0.3) is 0 Å². The summed E-state index contributed by atoms with van der Waals surface area (Å²) in [7, 11) is 1.75. The number of nitrogen functional groups attached to an aromatic ring is 1. The molecule has 8 nitrogen and oxygen atoms in total. The first-order valence-corrected chi connectivity index (χ1v) is 10.8. The number of benzene rings is 1. The van der Waals surface area contributed by atoms with Crippen molar-refractivity contribution in [1.29, 1.82) is 0 Å². The van der Waals surface area contributed by atoms with E-state index in [1.165, 1.54) is 4.57 Å². The minimum Gasteiger partial charge on any atom is -0.383 e. The summed E-state index contributed by atoms with van der Waals surface area (Å²) in [5.74, 6) is 0.149. The summed E-state index contributed by atoms with van der Waals surface area (Å²) in [5.41, 5.74) is 6.40. The molecular formula is C23H35N5O3. The minimum atomic E-state index is -0.567. The Kier molecular flexibility index (Phi) is 8.47. The molecule has 2 aromatic rings. The fourth-order valence-corrected chi connectivity index (χ4v) is 3.54. The van der Waals surface area contributed by atoms with E-state index < -0.39 is 11.2 Å². The number of likely N-dealkylation sites (N-methyl/N-ethyl adjacent to an activating group) is 1. The number of aromatic nitrogens is 2. The zero-order valence-electron chi connectivity index (χ0n) is 19.2. The van der Waals surface area contributed by atoms with Gasteiger partial charge in [0, 0.05) is 20.1 Å². The van der Waals surface area contributed by atoms with Crippen molar-refractivity contribution < 1.29 is 4.79 Å². The lowest BCUT2D eigenvalue weighted by molar-refractivity contribution is -0.130. The summed E-state index contributed by atoms with van der Waals surface area (Å²) in [5, 5.41) is 0. The first kappa shape index (κ1) is 24.2. The third-order valence-electron chi connectivity index (χ3n) is 5.43. The Morgan fingerprint density at radius 2 is 1.81 bits per heavy atom. The lowest BCUT2D eigenvalue weighted by Gasteiger charge is -2.31. The van der Waals surface area contributed by atoms with Gasteiger partial charge in [-0.2, -0.15) is 0 Å². The highest BCUT2D eigenvalue weighted by atomic mass is 16.2. The van der Waals surface area contributed by atoms with Crippen LogP contribution in [0, 0.1) is 5.92 Å². The van der Waals surface area contributed by atoms with Gasteiger partial charge in [-0.15, -0.1) is 0 Å². The van der Waals surface area contributed by atoms with E-state index in [-0.39, 0.29) is 35.9 Å². The average molecular weight is 430 g/mol. The molecule has 1 aromatic heterocycles. The van der Waals surface area contributed by atoms with Crippen LogP contribution in [-0.2, 0) is 11.3 Å². The van der Waals surface area contributed by atoms with Gasteiger partial charge in [0.05, 0.1) is 12.6 Å². The van der Waals surface area contributed by atoms with Crippen molar-refractivity contribution >= 4 is 17.4 Å². The number of nitrogens with zero attached hydrogens (tertiary/aromatic N) is 3. The Bertz CT molecular complexity index is 981. The zero-order valence-corrected chi connectivity index (χ0v) is 19.2. The topological polar surface area (TPSA) is 104 Å². The Labute approximate surface area is 183 Å². The van der Waals surface area contributed by atoms with Gasteiger partial charge in [-0.3, -0.25) is 19.1 Å². The van der Waals surface area contributed by atoms with Gasteiger partial charge in [0.2, 0.25) is 5.91 Å². The number of carbonyl (C=O) groups excluding carboxylic acids is 1. The van der Waals surface area contributed by atoms with Crippen LogP contribution in [0.15, 0.2) is 39.9 Å². The average Bonchev–Trinajstić information content (AvgIpc) is 2.72. The molecule has 31 heavy (non-hydrogen) atoms. The van der Waals surface area contributed by atoms with Crippen LogP contribution >= 0.6 is 0 Å². The number of amides is 1. The molecule has 0 aliphatic rings. The quantitative estimate of drug-likeness (QED) is 0.604. The highest BCUT2D eigenvalue weighted by Gasteiger charge is 2.25. The van der Waals surface area contributed by atoms with Gasteiger partial charge >= 0.3 is 5.69 Å². The Hall–Kier alpha value is -3.03. The maximum atomic E-state index is 13.1. The van der Waals surface area contributed by atoms with Crippen LogP contribution in [0.3, 0.4) is 0 Å². The fourth-order valence-electron chi connectivity index (χ4n) is 3.54. The standard InChI is InChI=1S/C23H35N5O3/c1-6-7-13-28-21(24)20(22(30)25-23(28)31)27(14-16(2)3)15-19(29)26(5)17(4)18-11-9-8-10-12-18/h8-12,16-17H,6-7,13-15,24H2,1-5H3,(H,25,30,31). The first-order chi connectivity index (χ1) is 14.7. The van der Waals surface area contributed by atoms with E-state index in [9.17, 15) is 14.4 Å². The maximum absolute atomic E-state index is 13.1. The normalized spacial score (nSPS) is 12.1. The first-order valence-electron chi connectivity index (χ1n) is 10.8. The molecule has 3 N–H and O–H groups in total. The lowest BCUT2D eigenvalue weighted by Crippen LogP contribution is -2.45. The number of H-pyrrole nitrogens is 1. The third kappa shape index (κ3) is 5.99. The van der Waals surface area contributed by atoms with Crippen LogP contribution in [0.2, 0.25) is 0 Å². The SMILES string of the molecule is CCCCn1c(N)c(N(CC(=O)N(C)C(C)c2ccccc2)CC(C)C)c(=O)[nH]c1=O. The van der Waals surface area contributed by atoms with Crippen LogP contribution < -0.4 is 21.9 Å². The van der Waals surface area contributed by atoms with Gasteiger partial charge < -0.3 is 15.5 Å². The molecule has 170 valence electrons. The van der Waals surface area contributed by atoms with E-state index in [0.717, 1.165) is 18.4 Å². The largest absolute Gasteiger partial charge is 0.383 e. The number of rotatable bonds is 10. The van der Waals surface area contributed by atoms with Crippen molar-refractivity contribution in [3.8, 4) is 0 Å². The second-order valence-electron chi connectivity index (χ2n) is 8.36. The van der Waals surface area contributed by atoms with Crippen molar-refractivity contribution in [2.24, 2.45) is 5.92 Å². The van der Waals surface area contributed by atoms with E-state index in [4.69, 9.17) is 5.73 Å². The number of nitrogens with one attached hydrogen (secondary N) is 1. The van der Waals surface area contributed by atoms with E-state index in [1.54, 1.807) is 16.8 Å². The summed E-state index contributed by atoms with van der Waals surface area (Å²) in [6.07, 6.45) is 1.65. The molecule has 0 saturated carbocycles. The monoisotopic (exact) mass is 429 g/mol. The molecule has 1 aromatic carbocycles. The van der Waals surface area contributed by atoms with Gasteiger partial charge in [-0.1, -0.05) is 57.5 Å². The number of anilines is 2. The third-order valence-corrected chi connectivity index (χ3v) is 5.43. The molecule has 2 rings (SSSR count). The Morgan fingerprint density at radius 1 is 1.16 bits per heavy atom. The van der Waals surface area contributed by atoms with Crippen molar-refractivity contribution in [1.82, 2.24) is 14.5 Å². The highest BCUT2D eigenvalue weighted by Crippen LogP contribution is 2.21. The summed E-state index contributed by atoms with van der Waals surface area (Å²) in [6, 6.07) is 9.65. The summed E-state index contributed by atoms with van der Waals surface area (Å²) < 4.78 is 1.38. The van der Waals surface area contributed by atoms with Gasteiger partial charge in [0.25, 0.3) is 5.56 Å². The van der Waals surface area contributed by atoms with Crippen molar-refractivity contribution in [3.05, 3.63) is 56.7 Å².